The van der Waals surface area contributed by atoms with Crippen molar-refractivity contribution in [3.8, 4) is 5.75 Å². The van der Waals surface area contributed by atoms with Crippen molar-refractivity contribution >= 4 is 39.1 Å². The van der Waals surface area contributed by atoms with Crippen molar-refractivity contribution in [3.63, 3.8) is 0 Å². The van der Waals surface area contributed by atoms with Gasteiger partial charge < -0.3 is 20.7 Å². The van der Waals surface area contributed by atoms with E-state index in [1.54, 1.807) is 24.3 Å². The summed E-state index contributed by atoms with van der Waals surface area (Å²) in [7, 11) is -2.57. The number of primary amides is 1. The number of piperidine rings is 1. The number of nitrogens with two attached hydrogens (primary N) is 1. The number of nitrogens with one attached hydrogen (secondary N) is 2. The average molecular weight is 497 g/mol. The lowest BCUT2D eigenvalue weighted by Gasteiger charge is -2.27. The fraction of sp³-hybridized carbons (Fsp3) is 0.292. The number of aromatic nitrogens is 2. The molecule has 11 heteroatoms. The second kappa shape index (κ2) is 10.2. The number of aryl methyl sites for hydroxylation is 1. The molecular formula is C24H28N6O4S. The normalized spacial score (nSPS) is 13.8. The zero-order valence-corrected chi connectivity index (χ0v) is 20.4. The molecule has 4 N–H and O–H groups in total. The van der Waals surface area contributed by atoms with Crippen LogP contribution in [0.4, 0.5) is 23.1 Å². The third kappa shape index (κ3) is 5.80. The maximum Gasteiger partial charge on any atom is 0.261 e. The first-order chi connectivity index (χ1) is 16.7. The van der Waals surface area contributed by atoms with Crippen LogP contribution in [0.2, 0.25) is 0 Å². The molecular weight excluding hydrogens is 468 g/mol. The summed E-state index contributed by atoms with van der Waals surface area (Å²) in [6, 6.07) is 12.6. The van der Waals surface area contributed by atoms with Gasteiger partial charge in [0.2, 0.25) is 5.95 Å². The van der Waals surface area contributed by atoms with E-state index in [4.69, 9.17) is 10.5 Å². The molecule has 184 valence electrons. The summed E-state index contributed by atoms with van der Waals surface area (Å²) in [4.78, 5) is 23.0. The SMILES string of the molecule is COc1ccc(S(=O)(=O)Nc2ccc(Nc3cc(C)nc(N4CCCCC4)n3)cc2)cc1C(N)=O. The van der Waals surface area contributed by atoms with E-state index in [1.807, 2.05) is 13.0 Å². The Labute approximate surface area is 204 Å². The number of carbonyl (C=O) groups excluding carboxylic acids is 1. The molecule has 1 amide bonds. The van der Waals surface area contributed by atoms with Gasteiger partial charge in [-0.05, 0) is 68.7 Å². The Kier molecular flexibility index (Phi) is 7.06. The number of rotatable bonds is 8. The summed E-state index contributed by atoms with van der Waals surface area (Å²) in [5.74, 6) is 0.808. The standard InChI is InChI=1S/C24H28N6O4S/c1-16-14-22(28-24(26-16)30-12-4-3-5-13-30)27-17-6-8-18(9-7-17)29-35(32,33)19-10-11-21(34-2)20(15-19)23(25)31/h6-11,14-15,29H,3-5,12-13H2,1-2H3,(H2,25,31)(H,26,27,28). The minimum Gasteiger partial charge on any atom is -0.496 e. The van der Waals surface area contributed by atoms with E-state index in [-0.39, 0.29) is 16.2 Å². The molecule has 1 saturated heterocycles. The quantitative estimate of drug-likeness (QED) is 0.431. The van der Waals surface area contributed by atoms with Gasteiger partial charge in [-0.15, -0.1) is 0 Å². The molecule has 10 nitrogen and oxygen atoms in total. The van der Waals surface area contributed by atoms with Crippen LogP contribution in [-0.4, -0.2) is 44.5 Å². The predicted molar refractivity (Wildman–Crippen MR) is 135 cm³/mol. The highest BCUT2D eigenvalue weighted by Gasteiger charge is 2.19. The zero-order valence-electron chi connectivity index (χ0n) is 19.6. The molecule has 1 aliphatic rings. The Hall–Kier alpha value is -3.86. The molecule has 0 aliphatic carbocycles. The summed E-state index contributed by atoms with van der Waals surface area (Å²) in [5.41, 5.74) is 7.30. The summed E-state index contributed by atoms with van der Waals surface area (Å²) in [6.45, 7) is 3.83. The first kappa shape index (κ1) is 24.3. The van der Waals surface area contributed by atoms with Gasteiger partial charge in [-0.1, -0.05) is 0 Å². The highest BCUT2D eigenvalue weighted by Crippen LogP contribution is 2.25. The maximum atomic E-state index is 12.8. The number of benzene rings is 2. The number of ether oxygens (including phenoxy) is 1. The topological polar surface area (TPSA) is 140 Å². The zero-order chi connectivity index (χ0) is 25.0. The lowest BCUT2D eigenvalue weighted by Crippen LogP contribution is -2.31. The first-order valence-electron chi connectivity index (χ1n) is 11.2. The van der Waals surface area contributed by atoms with Gasteiger partial charge in [0.25, 0.3) is 15.9 Å². The van der Waals surface area contributed by atoms with Gasteiger partial charge >= 0.3 is 0 Å². The highest BCUT2D eigenvalue weighted by molar-refractivity contribution is 7.92. The molecule has 0 atom stereocenters. The third-order valence-corrected chi connectivity index (χ3v) is 7.02. The molecule has 0 spiro atoms. The van der Waals surface area contributed by atoms with Crippen LogP contribution in [0.1, 0.15) is 35.3 Å². The second-order valence-corrected chi connectivity index (χ2v) is 9.96. The highest BCUT2D eigenvalue weighted by atomic mass is 32.2. The van der Waals surface area contributed by atoms with Gasteiger partial charge in [0.1, 0.15) is 11.6 Å². The van der Waals surface area contributed by atoms with Crippen LogP contribution in [0.3, 0.4) is 0 Å². The molecule has 0 saturated carbocycles. The van der Waals surface area contributed by atoms with Gasteiger partial charge in [-0.2, -0.15) is 4.98 Å². The third-order valence-electron chi connectivity index (χ3n) is 5.64. The molecule has 0 radical (unpaired) electrons. The fourth-order valence-electron chi connectivity index (χ4n) is 3.88. The van der Waals surface area contributed by atoms with E-state index < -0.39 is 15.9 Å². The molecule has 0 bridgehead atoms. The number of anilines is 4. The Morgan fingerprint density at radius 1 is 1.00 bits per heavy atom. The van der Waals surface area contributed by atoms with Crippen LogP contribution in [0.15, 0.2) is 53.4 Å². The van der Waals surface area contributed by atoms with Crippen LogP contribution in [0.5, 0.6) is 5.75 Å². The molecule has 3 aromatic rings. The fourth-order valence-corrected chi connectivity index (χ4v) is 4.97. The minimum atomic E-state index is -3.95. The van der Waals surface area contributed by atoms with Gasteiger partial charge in [0.15, 0.2) is 0 Å². The van der Waals surface area contributed by atoms with Gasteiger partial charge in [0, 0.05) is 36.2 Å². The lowest BCUT2D eigenvalue weighted by atomic mass is 10.1. The molecule has 2 heterocycles. The number of hydrogen-bond donors (Lipinski definition) is 3. The van der Waals surface area contributed by atoms with Crippen LogP contribution >= 0.6 is 0 Å². The molecule has 1 aliphatic heterocycles. The number of sulfonamides is 1. The lowest BCUT2D eigenvalue weighted by molar-refractivity contribution is 0.0997. The van der Waals surface area contributed by atoms with Crippen molar-refractivity contribution in [2.24, 2.45) is 5.73 Å². The van der Waals surface area contributed by atoms with Crippen molar-refractivity contribution in [1.82, 2.24) is 9.97 Å². The Balaban J connectivity index is 1.48. The van der Waals surface area contributed by atoms with E-state index in [0.29, 0.717) is 17.5 Å². The van der Waals surface area contributed by atoms with E-state index in [1.165, 1.54) is 31.7 Å². The summed E-state index contributed by atoms with van der Waals surface area (Å²) < 4.78 is 33.3. The summed E-state index contributed by atoms with van der Waals surface area (Å²) in [6.07, 6.45) is 3.50. The van der Waals surface area contributed by atoms with Gasteiger partial charge in [0.05, 0.1) is 17.6 Å². The number of nitrogens with zero attached hydrogens (tertiary/aromatic N) is 3. The molecule has 0 unspecified atom stereocenters. The number of hydrogen-bond acceptors (Lipinski definition) is 8. The Bertz CT molecular complexity index is 1320. The molecule has 35 heavy (non-hydrogen) atoms. The monoisotopic (exact) mass is 496 g/mol. The van der Waals surface area contributed by atoms with Crippen molar-refractivity contribution in [3.05, 3.63) is 59.8 Å². The molecule has 1 fully saturated rings. The van der Waals surface area contributed by atoms with Crippen LogP contribution < -0.4 is 25.4 Å². The Morgan fingerprint density at radius 3 is 2.34 bits per heavy atom. The van der Waals surface area contributed by atoms with Gasteiger partial charge in [-0.25, -0.2) is 13.4 Å². The number of amides is 1. The van der Waals surface area contributed by atoms with E-state index in [0.717, 1.165) is 37.3 Å². The molecule has 2 aromatic carbocycles. The molecule has 1 aromatic heterocycles. The van der Waals surface area contributed by atoms with E-state index >= 15 is 0 Å². The summed E-state index contributed by atoms with van der Waals surface area (Å²) in [5, 5.41) is 3.26. The van der Waals surface area contributed by atoms with Crippen LogP contribution in [-0.2, 0) is 10.0 Å². The minimum absolute atomic E-state index is 0.0148. The first-order valence-corrected chi connectivity index (χ1v) is 12.7. The maximum absolute atomic E-state index is 12.8. The largest absolute Gasteiger partial charge is 0.496 e. The summed E-state index contributed by atoms with van der Waals surface area (Å²) >= 11 is 0. The van der Waals surface area contributed by atoms with Crippen molar-refractivity contribution in [1.29, 1.82) is 0 Å². The van der Waals surface area contributed by atoms with E-state index in [2.05, 4.69) is 24.9 Å². The van der Waals surface area contributed by atoms with Crippen molar-refractivity contribution in [2.45, 2.75) is 31.1 Å². The number of methoxy groups -OCH3 is 1. The molecule has 4 rings (SSSR count). The van der Waals surface area contributed by atoms with Crippen LogP contribution in [0, 0.1) is 6.92 Å². The van der Waals surface area contributed by atoms with Crippen LogP contribution in [0.25, 0.3) is 0 Å². The smallest absolute Gasteiger partial charge is 0.261 e. The van der Waals surface area contributed by atoms with Crippen molar-refractivity contribution in [2.75, 3.05) is 35.1 Å². The van der Waals surface area contributed by atoms with Gasteiger partial charge in [-0.3, -0.25) is 9.52 Å². The second-order valence-electron chi connectivity index (χ2n) is 8.28. The Morgan fingerprint density at radius 2 is 1.69 bits per heavy atom. The number of carbonyl (C=O) groups is 1. The van der Waals surface area contributed by atoms with Crippen molar-refractivity contribution < 1.29 is 17.9 Å². The average Bonchev–Trinajstić information content (AvgIpc) is 2.85. The van der Waals surface area contributed by atoms with E-state index in [9.17, 15) is 13.2 Å². The predicted octanol–water partition coefficient (Wildman–Crippen LogP) is 3.43.